The third-order valence-electron chi connectivity index (χ3n) is 4.88. The highest BCUT2D eigenvalue weighted by Gasteiger charge is 2.23. The van der Waals surface area contributed by atoms with Gasteiger partial charge < -0.3 is 10.1 Å². The summed E-state index contributed by atoms with van der Waals surface area (Å²) < 4.78 is 5.33. The molecule has 0 bridgehead atoms. The van der Waals surface area contributed by atoms with Gasteiger partial charge >= 0.3 is 0 Å². The molecule has 1 heterocycles. The number of amides is 1. The molecule has 4 nitrogen and oxygen atoms in total. The van der Waals surface area contributed by atoms with Crippen LogP contribution in [0.1, 0.15) is 29.7 Å². The number of ether oxygens (including phenoxy) is 1. The van der Waals surface area contributed by atoms with Gasteiger partial charge in [0.1, 0.15) is 5.75 Å². The average molecular weight is 324 g/mol. The Balaban J connectivity index is 1.62. The van der Waals surface area contributed by atoms with E-state index in [9.17, 15) is 4.79 Å². The largest absolute Gasteiger partial charge is 0.497 e. The maximum atomic E-state index is 10.4. The van der Waals surface area contributed by atoms with Gasteiger partial charge in [-0.25, -0.2) is 0 Å². The summed E-state index contributed by atoms with van der Waals surface area (Å²) in [5, 5.41) is 2.67. The fraction of sp³-hybridized carbons (Fsp3) is 0.350. The van der Waals surface area contributed by atoms with Crippen molar-refractivity contribution in [1.82, 2.24) is 4.90 Å². The van der Waals surface area contributed by atoms with Gasteiger partial charge in [0.25, 0.3) is 0 Å². The molecule has 1 unspecified atom stereocenters. The zero-order chi connectivity index (χ0) is 16.9. The maximum absolute atomic E-state index is 10.4. The average Bonchev–Trinajstić information content (AvgIpc) is 2.62. The summed E-state index contributed by atoms with van der Waals surface area (Å²) in [6, 6.07) is 14.9. The number of fused-ring (bicyclic) bond motifs is 1. The van der Waals surface area contributed by atoms with Crippen molar-refractivity contribution in [3.05, 3.63) is 59.2 Å². The Hall–Kier alpha value is -2.33. The summed E-state index contributed by atoms with van der Waals surface area (Å²) >= 11 is 0. The number of methoxy groups -OCH3 is 1. The SMILES string of the molecule is COc1ccc2c(c1)CCN(CCc1ccc(NC=O)cc1)C2C. The molecule has 1 atom stereocenters. The van der Waals surface area contributed by atoms with E-state index in [-0.39, 0.29) is 0 Å². The first-order chi connectivity index (χ1) is 11.7. The van der Waals surface area contributed by atoms with Gasteiger partial charge in [-0.15, -0.1) is 0 Å². The number of anilines is 1. The van der Waals surface area contributed by atoms with Crippen LogP contribution in [0, 0.1) is 0 Å². The fourth-order valence-corrected chi connectivity index (χ4v) is 3.40. The Morgan fingerprint density at radius 3 is 2.75 bits per heavy atom. The normalized spacial score (nSPS) is 17.2. The van der Waals surface area contributed by atoms with Crippen LogP contribution in [-0.2, 0) is 17.6 Å². The van der Waals surface area contributed by atoms with Gasteiger partial charge in [-0.1, -0.05) is 18.2 Å². The van der Waals surface area contributed by atoms with Crippen molar-refractivity contribution in [1.29, 1.82) is 0 Å². The topological polar surface area (TPSA) is 41.6 Å². The van der Waals surface area contributed by atoms with Crippen LogP contribution in [-0.4, -0.2) is 31.5 Å². The molecule has 126 valence electrons. The van der Waals surface area contributed by atoms with Gasteiger partial charge in [0.15, 0.2) is 0 Å². The summed E-state index contributed by atoms with van der Waals surface area (Å²) in [6.07, 6.45) is 2.78. The lowest BCUT2D eigenvalue weighted by Crippen LogP contribution is -2.35. The van der Waals surface area contributed by atoms with Gasteiger partial charge in [-0.2, -0.15) is 0 Å². The van der Waals surface area contributed by atoms with E-state index in [1.54, 1.807) is 7.11 Å². The highest BCUT2D eigenvalue weighted by Crippen LogP contribution is 2.31. The third-order valence-corrected chi connectivity index (χ3v) is 4.88. The monoisotopic (exact) mass is 324 g/mol. The molecule has 4 heteroatoms. The van der Waals surface area contributed by atoms with Crippen LogP contribution in [0.25, 0.3) is 0 Å². The van der Waals surface area contributed by atoms with Crippen LogP contribution < -0.4 is 10.1 Å². The van der Waals surface area contributed by atoms with Gasteiger partial charge in [-0.05, 0) is 60.7 Å². The summed E-state index contributed by atoms with van der Waals surface area (Å²) in [5.74, 6) is 0.943. The molecule has 2 aromatic carbocycles. The molecule has 0 fully saturated rings. The number of nitrogens with zero attached hydrogens (tertiary/aromatic N) is 1. The van der Waals surface area contributed by atoms with Crippen molar-refractivity contribution >= 4 is 12.1 Å². The number of nitrogens with one attached hydrogen (secondary N) is 1. The summed E-state index contributed by atoms with van der Waals surface area (Å²) in [5.41, 5.74) is 4.94. The van der Waals surface area contributed by atoms with Crippen molar-refractivity contribution in [3.8, 4) is 5.75 Å². The molecule has 0 saturated carbocycles. The van der Waals surface area contributed by atoms with E-state index in [1.807, 2.05) is 12.1 Å². The van der Waals surface area contributed by atoms with Crippen molar-refractivity contribution in [3.63, 3.8) is 0 Å². The van der Waals surface area contributed by atoms with Crippen molar-refractivity contribution in [2.45, 2.75) is 25.8 Å². The second-order valence-corrected chi connectivity index (χ2v) is 6.24. The van der Waals surface area contributed by atoms with Gasteiger partial charge in [0.05, 0.1) is 7.11 Å². The number of rotatable bonds is 6. The van der Waals surface area contributed by atoms with Crippen molar-refractivity contribution in [2.24, 2.45) is 0 Å². The molecule has 1 aliphatic rings. The Bertz CT molecular complexity index is 697. The smallest absolute Gasteiger partial charge is 0.211 e. The molecule has 2 aromatic rings. The standard InChI is InChI=1S/C20H24N2O2/c1-15-20-8-7-19(24-2)13-17(20)10-12-22(15)11-9-16-3-5-18(6-4-16)21-14-23/h3-8,13-15H,9-12H2,1-2H3,(H,21,23). The van der Waals surface area contributed by atoms with E-state index >= 15 is 0 Å². The summed E-state index contributed by atoms with van der Waals surface area (Å²) in [6.45, 7) is 4.39. The Morgan fingerprint density at radius 2 is 2.04 bits per heavy atom. The van der Waals surface area contributed by atoms with Crippen LogP contribution in [0.5, 0.6) is 5.75 Å². The number of hydrogen-bond donors (Lipinski definition) is 1. The fourth-order valence-electron chi connectivity index (χ4n) is 3.40. The first-order valence-corrected chi connectivity index (χ1v) is 8.41. The minimum atomic E-state index is 0.427. The minimum absolute atomic E-state index is 0.427. The number of hydrogen-bond acceptors (Lipinski definition) is 3. The van der Waals surface area contributed by atoms with Crippen LogP contribution in [0.15, 0.2) is 42.5 Å². The molecule has 1 N–H and O–H groups in total. The van der Waals surface area contributed by atoms with Gasteiger partial charge in [0, 0.05) is 24.8 Å². The minimum Gasteiger partial charge on any atom is -0.497 e. The highest BCUT2D eigenvalue weighted by atomic mass is 16.5. The van der Waals surface area contributed by atoms with E-state index in [4.69, 9.17) is 4.74 Å². The third kappa shape index (κ3) is 3.60. The maximum Gasteiger partial charge on any atom is 0.211 e. The van der Waals surface area contributed by atoms with Crippen LogP contribution in [0.2, 0.25) is 0 Å². The van der Waals surface area contributed by atoms with E-state index in [2.05, 4.69) is 47.5 Å². The second-order valence-electron chi connectivity index (χ2n) is 6.24. The lowest BCUT2D eigenvalue weighted by atomic mass is 9.93. The lowest BCUT2D eigenvalue weighted by molar-refractivity contribution is -0.105. The predicted octanol–water partition coefficient (Wildman–Crippen LogP) is 3.43. The summed E-state index contributed by atoms with van der Waals surface area (Å²) in [4.78, 5) is 13.0. The molecule has 24 heavy (non-hydrogen) atoms. The predicted molar refractivity (Wildman–Crippen MR) is 96.5 cm³/mol. The molecule has 0 spiro atoms. The molecule has 3 rings (SSSR count). The first-order valence-electron chi connectivity index (χ1n) is 8.41. The number of benzene rings is 2. The molecule has 1 aliphatic heterocycles. The second kappa shape index (κ2) is 7.49. The molecule has 0 radical (unpaired) electrons. The molecule has 0 aromatic heterocycles. The molecule has 0 saturated heterocycles. The molecule has 0 aliphatic carbocycles. The number of carbonyl (C=O) groups excluding carboxylic acids is 1. The van der Waals surface area contributed by atoms with E-state index in [0.717, 1.165) is 37.4 Å². The zero-order valence-electron chi connectivity index (χ0n) is 14.3. The Morgan fingerprint density at radius 1 is 1.25 bits per heavy atom. The zero-order valence-corrected chi connectivity index (χ0v) is 14.3. The van der Waals surface area contributed by atoms with Crippen LogP contribution in [0.4, 0.5) is 5.69 Å². The van der Waals surface area contributed by atoms with E-state index in [0.29, 0.717) is 12.5 Å². The summed E-state index contributed by atoms with van der Waals surface area (Å²) in [7, 11) is 1.72. The van der Waals surface area contributed by atoms with E-state index < -0.39 is 0 Å². The Labute approximate surface area is 143 Å². The lowest BCUT2D eigenvalue weighted by Gasteiger charge is -2.35. The molecule has 1 amide bonds. The van der Waals surface area contributed by atoms with E-state index in [1.165, 1.54) is 16.7 Å². The number of carbonyl (C=O) groups is 1. The van der Waals surface area contributed by atoms with Gasteiger partial charge in [-0.3, -0.25) is 9.69 Å². The quantitative estimate of drug-likeness (QED) is 0.828. The van der Waals surface area contributed by atoms with Gasteiger partial charge in [0.2, 0.25) is 6.41 Å². The molecular weight excluding hydrogens is 300 g/mol. The molecular formula is C20H24N2O2. The van der Waals surface area contributed by atoms with Crippen LogP contribution >= 0.6 is 0 Å². The highest BCUT2D eigenvalue weighted by molar-refractivity contribution is 5.71. The van der Waals surface area contributed by atoms with Crippen molar-refractivity contribution in [2.75, 3.05) is 25.5 Å². The Kier molecular flexibility index (Phi) is 5.16. The van der Waals surface area contributed by atoms with Crippen molar-refractivity contribution < 1.29 is 9.53 Å². The van der Waals surface area contributed by atoms with Crippen LogP contribution in [0.3, 0.4) is 0 Å². The first kappa shape index (κ1) is 16.5.